The first-order chi connectivity index (χ1) is 16.6. The van der Waals surface area contributed by atoms with Crippen molar-refractivity contribution in [3.8, 4) is 0 Å². The van der Waals surface area contributed by atoms with Crippen molar-refractivity contribution in [2.45, 2.75) is 76.7 Å². The van der Waals surface area contributed by atoms with Crippen molar-refractivity contribution in [3.05, 3.63) is 45.5 Å². The van der Waals surface area contributed by atoms with E-state index in [1.165, 1.54) is 12.5 Å². The summed E-state index contributed by atoms with van der Waals surface area (Å²) in [5.41, 5.74) is 1.06. The molecule has 4 heterocycles. The number of nitrogens with zero attached hydrogens (tertiary/aromatic N) is 6. The zero-order valence-electron chi connectivity index (χ0n) is 19.8. The molecule has 2 saturated heterocycles. The van der Waals surface area contributed by atoms with Crippen molar-refractivity contribution < 1.29 is 9.72 Å². The van der Waals surface area contributed by atoms with Crippen LogP contribution < -0.4 is 4.90 Å². The van der Waals surface area contributed by atoms with Crippen molar-refractivity contribution in [1.82, 2.24) is 19.7 Å². The van der Waals surface area contributed by atoms with E-state index in [0.717, 1.165) is 89.1 Å². The van der Waals surface area contributed by atoms with E-state index in [-0.39, 0.29) is 22.4 Å². The topological polar surface area (TPSA) is 97.4 Å². The number of carbonyl (C=O) groups excluding carboxylic acids is 1. The predicted molar refractivity (Wildman–Crippen MR) is 129 cm³/mol. The molecule has 0 N–H and O–H groups in total. The summed E-state index contributed by atoms with van der Waals surface area (Å²) >= 11 is 0. The Morgan fingerprint density at radius 1 is 0.941 bits per heavy atom. The Morgan fingerprint density at radius 2 is 1.71 bits per heavy atom. The molecule has 1 amide bonds. The molecule has 0 spiro atoms. The van der Waals surface area contributed by atoms with Crippen LogP contribution in [0, 0.1) is 10.1 Å². The lowest BCUT2D eigenvalue weighted by molar-refractivity contribution is -0.384. The first kappa shape index (κ1) is 22.8. The van der Waals surface area contributed by atoms with Crippen molar-refractivity contribution in [1.29, 1.82) is 0 Å². The van der Waals surface area contributed by atoms with Crippen LogP contribution in [0.4, 0.5) is 11.4 Å². The molecule has 0 radical (unpaired) electrons. The van der Waals surface area contributed by atoms with Gasteiger partial charge >= 0.3 is 0 Å². The fraction of sp³-hybridized carbons (Fsp3) is 0.640. The van der Waals surface area contributed by atoms with Crippen LogP contribution in [0.3, 0.4) is 0 Å². The lowest BCUT2D eigenvalue weighted by atomic mass is 9.96. The number of fused-ring (bicyclic) bond motifs is 1. The van der Waals surface area contributed by atoms with E-state index in [2.05, 4.69) is 19.7 Å². The smallest absolute Gasteiger partial charge is 0.293 e. The summed E-state index contributed by atoms with van der Waals surface area (Å²) < 4.78 is 2.27. The fourth-order valence-corrected chi connectivity index (χ4v) is 5.75. The van der Waals surface area contributed by atoms with Crippen LogP contribution in [0.2, 0.25) is 0 Å². The number of piperidine rings is 1. The normalized spacial score (nSPS) is 21.5. The largest absolute Gasteiger partial charge is 0.366 e. The molecule has 0 saturated carbocycles. The summed E-state index contributed by atoms with van der Waals surface area (Å²) in [6, 6.07) is 5.02. The lowest BCUT2D eigenvalue weighted by Gasteiger charge is -2.32. The Morgan fingerprint density at radius 3 is 2.50 bits per heavy atom. The lowest BCUT2D eigenvalue weighted by Crippen LogP contribution is -2.40. The SMILES string of the molecule is O=C(c1ccc(N2CCCCCC2)c([N+](=O)[O-])c1)N1CCC[C@@H](c2nnc3n2CCCCC3)C1. The Hall–Kier alpha value is -2.97. The van der Waals surface area contributed by atoms with Crippen LogP contribution in [-0.2, 0) is 13.0 Å². The Labute approximate surface area is 200 Å². The maximum absolute atomic E-state index is 13.4. The number of aromatic nitrogens is 3. The van der Waals surface area contributed by atoms with Gasteiger partial charge < -0.3 is 14.4 Å². The molecular formula is C25H34N6O3. The summed E-state index contributed by atoms with van der Waals surface area (Å²) in [5, 5.41) is 20.9. The zero-order valence-corrected chi connectivity index (χ0v) is 19.8. The van der Waals surface area contributed by atoms with Crippen LogP contribution in [0.15, 0.2) is 18.2 Å². The summed E-state index contributed by atoms with van der Waals surface area (Å²) in [4.78, 5) is 28.9. The van der Waals surface area contributed by atoms with Gasteiger partial charge in [-0.05, 0) is 50.7 Å². The van der Waals surface area contributed by atoms with E-state index in [1.807, 2.05) is 4.90 Å². The van der Waals surface area contributed by atoms with Gasteiger partial charge in [-0.15, -0.1) is 10.2 Å². The van der Waals surface area contributed by atoms with Crippen molar-refractivity contribution in [2.24, 2.45) is 0 Å². The number of aryl methyl sites for hydroxylation is 1. The number of rotatable bonds is 4. The second-order valence-corrected chi connectivity index (χ2v) is 9.89. The highest BCUT2D eigenvalue weighted by Gasteiger charge is 2.31. The minimum Gasteiger partial charge on any atom is -0.366 e. The molecule has 2 fully saturated rings. The van der Waals surface area contributed by atoms with Crippen LogP contribution in [0.1, 0.15) is 85.7 Å². The highest BCUT2D eigenvalue weighted by Crippen LogP contribution is 2.33. The molecule has 0 bridgehead atoms. The molecule has 1 aromatic carbocycles. The Kier molecular flexibility index (Phi) is 6.78. The second-order valence-electron chi connectivity index (χ2n) is 9.89. The monoisotopic (exact) mass is 466 g/mol. The molecule has 34 heavy (non-hydrogen) atoms. The summed E-state index contributed by atoms with van der Waals surface area (Å²) in [5.74, 6) is 2.08. The molecule has 3 aliphatic rings. The standard InChI is InChI=1S/C25H34N6O3/c32-25(19-11-12-21(22(17-19)31(33)34)28-13-5-1-2-6-14-28)29-15-8-9-20(18-29)24-27-26-23-10-4-3-7-16-30(23)24/h11-12,17,20H,1-10,13-16,18H2/t20-/m1/s1. The highest BCUT2D eigenvalue weighted by molar-refractivity contribution is 5.96. The number of nitro benzene ring substituents is 1. The van der Waals surface area contributed by atoms with Crippen LogP contribution in [0.5, 0.6) is 0 Å². The van der Waals surface area contributed by atoms with E-state index < -0.39 is 0 Å². The molecule has 3 aliphatic heterocycles. The average Bonchev–Trinajstić information content (AvgIpc) is 3.04. The van der Waals surface area contributed by atoms with Gasteiger partial charge in [-0.3, -0.25) is 14.9 Å². The van der Waals surface area contributed by atoms with E-state index >= 15 is 0 Å². The molecule has 1 aromatic heterocycles. The number of hydrogen-bond donors (Lipinski definition) is 0. The maximum atomic E-state index is 13.4. The zero-order chi connectivity index (χ0) is 23.5. The van der Waals surface area contributed by atoms with Gasteiger partial charge in [0.15, 0.2) is 0 Å². The summed E-state index contributed by atoms with van der Waals surface area (Å²) in [6.45, 7) is 3.85. The fourth-order valence-electron chi connectivity index (χ4n) is 5.75. The Balaban J connectivity index is 1.35. The molecule has 5 rings (SSSR count). The van der Waals surface area contributed by atoms with Gasteiger partial charge in [0, 0.05) is 56.7 Å². The number of carbonyl (C=O) groups is 1. The average molecular weight is 467 g/mol. The minimum atomic E-state index is -0.346. The van der Waals surface area contributed by atoms with Crippen molar-refractivity contribution in [3.63, 3.8) is 0 Å². The first-order valence-corrected chi connectivity index (χ1v) is 12.9. The van der Waals surface area contributed by atoms with Gasteiger partial charge in [0.2, 0.25) is 0 Å². The highest BCUT2D eigenvalue weighted by atomic mass is 16.6. The third-order valence-electron chi connectivity index (χ3n) is 7.58. The summed E-state index contributed by atoms with van der Waals surface area (Å²) in [7, 11) is 0. The number of anilines is 1. The van der Waals surface area contributed by atoms with Gasteiger partial charge in [-0.1, -0.05) is 19.3 Å². The van der Waals surface area contributed by atoms with Crippen LogP contribution >= 0.6 is 0 Å². The predicted octanol–water partition coefficient (Wildman–Crippen LogP) is 4.31. The van der Waals surface area contributed by atoms with Gasteiger partial charge in [0.05, 0.1) is 4.92 Å². The van der Waals surface area contributed by atoms with Crippen molar-refractivity contribution >= 4 is 17.3 Å². The van der Waals surface area contributed by atoms with E-state index in [9.17, 15) is 14.9 Å². The van der Waals surface area contributed by atoms with Gasteiger partial charge in [-0.2, -0.15) is 0 Å². The Bertz CT molecular complexity index is 1040. The number of amides is 1. The van der Waals surface area contributed by atoms with Gasteiger partial charge in [-0.25, -0.2) is 0 Å². The summed E-state index contributed by atoms with van der Waals surface area (Å²) in [6.07, 6.45) is 10.7. The molecule has 1 atom stereocenters. The second kappa shape index (κ2) is 10.1. The third kappa shape index (κ3) is 4.65. The molecule has 182 valence electrons. The van der Waals surface area contributed by atoms with Crippen molar-refractivity contribution in [2.75, 3.05) is 31.1 Å². The van der Waals surface area contributed by atoms with Gasteiger partial charge in [0.1, 0.15) is 17.3 Å². The van der Waals surface area contributed by atoms with E-state index in [4.69, 9.17) is 0 Å². The minimum absolute atomic E-state index is 0.0316. The third-order valence-corrected chi connectivity index (χ3v) is 7.58. The number of nitro groups is 1. The maximum Gasteiger partial charge on any atom is 0.293 e. The molecule has 2 aromatic rings. The van der Waals surface area contributed by atoms with Gasteiger partial charge in [0.25, 0.3) is 11.6 Å². The quantitative estimate of drug-likeness (QED) is 0.492. The number of likely N-dealkylation sites (tertiary alicyclic amines) is 1. The molecule has 0 unspecified atom stereocenters. The van der Waals surface area contributed by atoms with Crippen LogP contribution in [0.25, 0.3) is 0 Å². The number of benzene rings is 1. The van der Waals surface area contributed by atoms with E-state index in [1.54, 1.807) is 12.1 Å². The first-order valence-electron chi connectivity index (χ1n) is 12.9. The molecule has 9 nitrogen and oxygen atoms in total. The molecule has 9 heteroatoms. The van der Waals surface area contributed by atoms with E-state index in [0.29, 0.717) is 24.3 Å². The molecular weight excluding hydrogens is 432 g/mol. The van der Waals surface area contributed by atoms with Crippen LogP contribution in [-0.4, -0.2) is 56.7 Å². The molecule has 0 aliphatic carbocycles. The number of hydrogen-bond acceptors (Lipinski definition) is 6.